The molecule has 0 aromatic rings. The zero-order valence-electron chi connectivity index (χ0n) is 15.0. The van der Waals surface area contributed by atoms with Gasteiger partial charge in [-0.3, -0.25) is 0 Å². The van der Waals surface area contributed by atoms with Gasteiger partial charge in [0, 0.05) is 12.6 Å². The number of nitrogens with one attached hydrogen (secondary N) is 1. The average Bonchev–Trinajstić information content (AvgIpc) is 2.54. The second kappa shape index (κ2) is 7.97. The number of piperidine rings is 1. The monoisotopic (exact) mass is 294 g/mol. The molecule has 1 aliphatic heterocycles. The number of hydrogen-bond acceptors (Lipinski definition) is 2. The Morgan fingerprint density at radius 2 is 1.76 bits per heavy atom. The lowest BCUT2D eigenvalue weighted by Crippen LogP contribution is -2.45. The fourth-order valence-corrected chi connectivity index (χ4v) is 4.46. The van der Waals surface area contributed by atoms with Crippen LogP contribution in [0.3, 0.4) is 0 Å². The van der Waals surface area contributed by atoms with Crippen LogP contribution in [-0.4, -0.2) is 37.1 Å². The molecule has 2 aliphatic rings. The Balaban J connectivity index is 1.81. The highest BCUT2D eigenvalue weighted by Crippen LogP contribution is 2.41. The molecule has 1 N–H and O–H groups in total. The molecule has 1 saturated heterocycles. The summed E-state index contributed by atoms with van der Waals surface area (Å²) in [5.74, 6) is 1.84. The summed E-state index contributed by atoms with van der Waals surface area (Å²) in [6, 6.07) is 0.862. The van der Waals surface area contributed by atoms with Gasteiger partial charge in [0.1, 0.15) is 0 Å². The summed E-state index contributed by atoms with van der Waals surface area (Å²) in [6.45, 7) is 14.7. The third-order valence-corrected chi connectivity index (χ3v) is 6.53. The molecule has 21 heavy (non-hydrogen) atoms. The minimum atomic E-state index is 0.551. The summed E-state index contributed by atoms with van der Waals surface area (Å²) < 4.78 is 0. The average molecular weight is 295 g/mol. The maximum atomic E-state index is 3.58. The molecule has 2 rings (SSSR count). The van der Waals surface area contributed by atoms with Crippen molar-refractivity contribution >= 4 is 0 Å². The van der Waals surface area contributed by atoms with Crippen LogP contribution in [-0.2, 0) is 0 Å². The lowest BCUT2D eigenvalue weighted by molar-refractivity contribution is 0.0760. The van der Waals surface area contributed by atoms with E-state index < -0.39 is 0 Å². The molecule has 1 unspecified atom stereocenters. The molecule has 0 bridgehead atoms. The summed E-state index contributed by atoms with van der Waals surface area (Å²) in [4.78, 5) is 2.80. The van der Waals surface area contributed by atoms with Crippen molar-refractivity contribution in [2.45, 2.75) is 78.7 Å². The van der Waals surface area contributed by atoms with Gasteiger partial charge in [0.25, 0.3) is 0 Å². The lowest BCUT2D eigenvalue weighted by Gasteiger charge is -2.43. The fourth-order valence-electron chi connectivity index (χ4n) is 4.46. The fraction of sp³-hybridized carbons (Fsp3) is 1.00. The van der Waals surface area contributed by atoms with Gasteiger partial charge in [-0.05, 0) is 75.4 Å². The Labute approximate surface area is 133 Å². The first-order valence-electron chi connectivity index (χ1n) is 9.51. The SMILES string of the molecule is CCN(CC1CCCNC1)C1CCC(C(C)(C)CC)CC1. The second-order valence-corrected chi connectivity index (χ2v) is 8.15. The molecule has 0 spiro atoms. The zero-order chi connectivity index (χ0) is 15.3. The number of rotatable bonds is 6. The lowest BCUT2D eigenvalue weighted by atomic mass is 9.68. The van der Waals surface area contributed by atoms with Crippen molar-refractivity contribution in [1.29, 1.82) is 0 Å². The molecule has 0 aromatic carbocycles. The van der Waals surface area contributed by atoms with Crippen LogP contribution in [0.2, 0.25) is 0 Å². The van der Waals surface area contributed by atoms with Gasteiger partial charge in [-0.2, -0.15) is 0 Å². The van der Waals surface area contributed by atoms with E-state index >= 15 is 0 Å². The van der Waals surface area contributed by atoms with Gasteiger partial charge in [-0.1, -0.05) is 34.1 Å². The quantitative estimate of drug-likeness (QED) is 0.785. The van der Waals surface area contributed by atoms with E-state index in [4.69, 9.17) is 0 Å². The van der Waals surface area contributed by atoms with Crippen molar-refractivity contribution in [2.75, 3.05) is 26.2 Å². The summed E-state index contributed by atoms with van der Waals surface area (Å²) in [6.07, 6.45) is 9.90. The maximum Gasteiger partial charge on any atom is 0.00954 e. The first-order chi connectivity index (χ1) is 10.1. The predicted octanol–water partition coefficient (Wildman–Crippen LogP) is 4.30. The second-order valence-electron chi connectivity index (χ2n) is 8.15. The summed E-state index contributed by atoms with van der Waals surface area (Å²) in [5.41, 5.74) is 0.551. The van der Waals surface area contributed by atoms with Crippen molar-refractivity contribution in [3.8, 4) is 0 Å². The molecule has 1 atom stereocenters. The van der Waals surface area contributed by atoms with Crippen LogP contribution >= 0.6 is 0 Å². The topological polar surface area (TPSA) is 15.3 Å². The molecule has 2 nitrogen and oxygen atoms in total. The van der Waals surface area contributed by atoms with E-state index in [1.807, 2.05) is 0 Å². The van der Waals surface area contributed by atoms with Crippen LogP contribution < -0.4 is 5.32 Å². The summed E-state index contributed by atoms with van der Waals surface area (Å²) in [5, 5.41) is 3.58. The maximum absolute atomic E-state index is 3.58. The van der Waals surface area contributed by atoms with Gasteiger partial charge in [-0.25, -0.2) is 0 Å². The highest BCUT2D eigenvalue weighted by atomic mass is 15.2. The molecule has 2 heteroatoms. The van der Waals surface area contributed by atoms with Crippen molar-refractivity contribution in [2.24, 2.45) is 17.3 Å². The Kier molecular flexibility index (Phi) is 6.55. The minimum Gasteiger partial charge on any atom is -0.316 e. The molecule has 0 aromatic heterocycles. The van der Waals surface area contributed by atoms with Crippen molar-refractivity contribution in [3.63, 3.8) is 0 Å². The van der Waals surface area contributed by atoms with Crippen LogP contribution in [0.1, 0.15) is 72.6 Å². The van der Waals surface area contributed by atoms with Gasteiger partial charge in [-0.15, -0.1) is 0 Å². The molecule has 1 saturated carbocycles. The molecular weight excluding hydrogens is 256 g/mol. The van der Waals surface area contributed by atoms with Gasteiger partial charge in [0.05, 0.1) is 0 Å². The predicted molar refractivity (Wildman–Crippen MR) is 92.7 cm³/mol. The third-order valence-electron chi connectivity index (χ3n) is 6.53. The van der Waals surface area contributed by atoms with E-state index in [-0.39, 0.29) is 0 Å². The van der Waals surface area contributed by atoms with Crippen molar-refractivity contribution in [1.82, 2.24) is 10.2 Å². The standard InChI is InChI=1S/C19H38N2/c1-5-19(3,4)17-9-11-18(12-10-17)21(6-2)15-16-8-7-13-20-14-16/h16-18,20H,5-15H2,1-4H3. The Bertz CT molecular complexity index is 286. The molecule has 0 amide bonds. The van der Waals surface area contributed by atoms with Crippen LogP contribution in [0, 0.1) is 17.3 Å². The van der Waals surface area contributed by atoms with E-state index in [0.29, 0.717) is 5.41 Å². The molecule has 1 heterocycles. The smallest absolute Gasteiger partial charge is 0.00954 e. The van der Waals surface area contributed by atoms with Gasteiger partial charge in [0.15, 0.2) is 0 Å². The highest BCUT2D eigenvalue weighted by Gasteiger charge is 2.33. The van der Waals surface area contributed by atoms with Crippen LogP contribution in [0.5, 0.6) is 0 Å². The van der Waals surface area contributed by atoms with Gasteiger partial charge in [0.2, 0.25) is 0 Å². The largest absolute Gasteiger partial charge is 0.316 e. The summed E-state index contributed by atoms with van der Waals surface area (Å²) in [7, 11) is 0. The van der Waals surface area contributed by atoms with Crippen molar-refractivity contribution in [3.05, 3.63) is 0 Å². The van der Waals surface area contributed by atoms with Crippen LogP contribution in [0.4, 0.5) is 0 Å². The first-order valence-corrected chi connectivity index (χ1v) is 9.51. The van der Waals surface area contributed by atoms with E-state index in [1.54, 1.807) is 0 Å². The van der Waals surface area contributed by atoms with Crippen molar-refractivity contribution < 1.29 is 0 Å². The van der Waals surface area contributed by atoms with Crippen LogP contribution in [0.25, 0.3) is 0 Å². The summed E-state index contributed by atoms with van der Waals surface area (Å²) >= 11 is 0. The van der Waals surface area contributed by atoms with E-state index in [9.17, 15) is 0 Å². The van der Waals surface area contributed by atoms with E-state index in [1.165, 1.54) is 71.1 Å². The molecular formula is C19H38N2. The minimum absolute atomic E-state index is 0.551. The van der Waals surface area contributed by atoms with Gasteiger partial charge < -0.3 is 10.2 Å². The number of hydrogen-bond donors (Lipinski definition) is 1. The molecule has 0 radical (unpaired) electrons. The number of nitrogens with zero attached hydrogens (tertiary/aromatic N) is 1. The van der Waals surface area contributed by atoms with E-state index in [2.05, 4.69) is 37.9 Å². The Morgan fingerprint density at radius 3 is 2.29 bits per heavy atom. The third kappa shape index (κ3) is 4.69. The van der Waals surface area contributed by atoms with Gasteiger partial charge >= 0.3 is 0 Å². The molecule has 124 valence electrons. The zero-order valence-corrected chi connectivity index (χ0v) is 15.0. The highest BCUT2D eigenvalue weighted by molar-refractivity contribution is 4.87. The Hall–Kier alpha value is -0.0800. The van der Waals surface area contributed by atoms with Crippen LogP contribution in [0.15, 0.2) is 0 Å². The first kappa shape index (κ1) is 17.3. The Morgan fingerprint density at radius 1 is 1.05 bits per heavy atom. The molecule has 1 aliphatic carbocycles. The normalized spacial score (nSPS) is 31.6. The molecule has 2 fully saturated rings. The van der Waals surface area contributed by atoms with E-state index in [0.717, 1.165) is 17.9 Å².